The van der Waals surface area contributed by atoms with Gasteiger partial charge in [-0.15, -0.1) is 0 Å². The quantitative estimate of drug-likeness (QED) is 0.218. The molecule has 0 aliphatic rings. The van der Waals surface area contributed by atoms with Gasteiger partial charge in [0.05, 0.1) is 5.52 Å². The molecule has 0 atom stereocenters. The summed E-state index contributed by atoms with van der Waals surface area (Å²) >= 11 is 0. The molecule has 3 nitrogen and oxygen atoms in total. The molecule has 3 heteroatoms. The van der Waals surface area contributed by atoms with Crippen LogP contribution in [0, 0.1) is 0 Å². The molecule has 1 N–H and O–H groups in total. The Hall–Kier alpha value is -6.32. The number of anilines is 3. The van der Waals surface area contributed by atoms with E-state index in [9.17, 15) is 0 Å². The topological polar surface area (TPSA) is 32.2 Å². The third-order valence-electron chi connectivity index (χ3n) is 9.55. The van der Waals surface area contributed by atoms with E-state index in [0.717, 1.165) is 55.6 Å². The van der Waals surface area contributed by atoms with Crippen LogP contribution in [0.1, 0.15) is 0 Å². The molecule has 0 amide bonds. The van der Waals surface area contributed by atoms with E-state index in [1.54, 1.807) is 0 Å². The Morgan fingerprint density at radius 2 is 1.00 bits per heavy atom. The van der Waals surface area contributed by atoms with Crippen LogP contribution in [0.15, 0.2) is 168 Å². The van der Waals surface area contributed by atoms with Crippen LogP contribution in [-0.2, 0) is 0 Å². The monoisotopic (exact) mass is 600 g/mol. The van der Waals surface area contributed by atoms with E-state index < -0.39 is 0 Å². The summed E-state index contributed by atoms with van der Waals surface area (Å²) in [4.78, 5) is 6.07. The minimum atomic E-state index is 0.872. The van der Waals surface area contributed by atoms with Crippen LogP contribution < -0.4 is 4.90 Å². The SMILES string of the molecule is c1ccc2cc(N(c3ccc4ccccc4c3)c3ccc4oc5cccc(-c6cccc7c6[nH]c6ccccc67)c5c4c3)ccc2c1. The van der Waals surface area contributed by atoms with Gasteiger partial charge in [0.15, 0.2) is 0 Å². The number of para-hydroxylation sites is 2. The highest BCUT2D eigenvalue weighted by Gasteiger charge is 2.19. The number of fused-ring (bicyclic) bond motifs is 8. The first-order chi connectivity index (χ1) is 23.3. The average Bonchev–Trinajstić information content (AvgIpc) is 3.70. The van der Waals surface area contributed by atoms with Crippen LogP contribution in [0.25, 0.3) is 76.4 Å². The van der Waals surface area contributed by atoms with E-state index in [1.807, 2.05) is 0 Å². The number of nitrogens with one attached hydrogen (secondary N) is 1. The Morgan fingerprint density at radius 1 is 0.404 bits per heavy atom. The standard InChI is InChI=1S/C44H28N2O/c1-3-11-30-25-32(21-19-28(30)9-1)46(33-22-20-29-10-2-4-12-31(29)26-33)34-23-24-41-39(27-34)43-36(14-8-18-42(43)47-41)38-16-7-15-37-35-13-5-6-17-40(35)45-44(37)38/h1-27,45H. The van der Waals surface area contributed by atoms with E-state index in [4.69, 9.17) is 4.42 Å². The first-order valence-electron chi connectivity index (χ1n) is 16.0. The van der Waals surface area contributed by atoms with Crippen LogP contribution in [0.4, 0.5) is 17.1 Å². The predicted molar refractivity (Wildman–Crippen MR) is 198 cm³/mol. The number of rotatable bonds is 4. The van der Waals surface area contributed by atoms with Crippen molar-refractivity contribution in [3.8, 4) is 11.1 Å². The predicted octanol–water partition coefficient (Wildman–Crippen LogP) is 12.7. The number of furan rings is 1. The maximum atomic E-state index is 6.52. The summed E-state index contributed by atoms with van der Waals surface area (Å²) in [6.45, 7) is 0. The van der Waals surface area contributed by atoms with E-state index >= 15 is 0 Å². The maximum absolute atomic E-state index is 6.52. The summed E-state index contributed by atoms with van der Waals surface area (Å²) < 4.78 is 6.52. The van der Waals surface area contributed by atoms with E-state index in [1.165, 1.54) is 37.9 Å². The van der Waals surface area contributed by atoms with Crippen molar-refractivity contribution in [1.29, 1.82) is 0 Å². The van der Waals surface area contributed by atoms with Gasteiger partial charge in [-0.25, -0.2) is 0 Å². The molecule has 0 saturated heterocycles. The maximum Gasteiger partial charge on any atom is 0.136 e. The van der Waals surface area contributed by atoms with Crippen molar-refractivity contribution in [2.45, 2.75) is 0 Å². The molecule has 220 valence electrons. The molecule has 10 aromatic rings. The lowest BCUT2D eigenvalue weighted by Crippen LogP contribution is -2.09. The summed E-state index contributed by atoms with van der Waals surface area (Å²) in [7, 11) is 0. The van der Waals surface area contributed by atoms with E-state index in [2.05, 4.69) is 174 Å². The Bertz CT molecular complexity index is 2740. The summed E-state index contributed by atoms with van der Waals surface area (Å²) in [5.74, 6) is 0. The molecule has 2 aromatic heterocycles. The number of benzene rings is 8. The van der Waals surface area contributed by atoms with Crippen LogP contribution in [0.5, 0.6) is 0 Å². The number of aromatic amines is 1. The Kier molecular flexibility index (Phi) is 5.57. The molecule has 0 radical (unpaired) electrons. The third kappa shape index (κ3) is 4.07. The molecule has 0 fully saturated rings. The minimum absolute atomic E-state index is 0.872. The zero-order chi connectivity index (χ0) is 30.9. The highest BCUT2D eigenvalue weighted by Crippen LogP contribution is 2.44. The van der Waals surface area contributed by atoms with Gasteiger partial charge < -0.3 is 14.3 Å². The number of hydrogen-bond acceptors (Lipinski definition) is 2. The highest BCUT2D eigenvalue weighted by molar-refractivity contribution is 6.18. The van der Waals surface area contributed by atoms with Crippen molar-refractivity contribution in [2.75, 3.05) is 4.90 Å². The first-order valence-corrected chi connectivity index (χ1v) is 16.0. The van der Waals surface area contributed by atoms with Crippen LogP contribution in [0.2, 0.25) is 0 Å². The fraction of sp³-hybridized carbons (Fsp3) is 0. The van der Waals surface area contributed by atoms with Gasteiger partial charge >= 0.3 is 0 Å². The second-order valence-corrected chi connectivity index (χ2v) is 12.3. The summed E-state index contributed by atoms with van der Waals surface area (Å²) in [5, 5.41) is 9.53. The first kappa shape index (κ1) is 26.0. The zero-order valence-electron chi connectivity index (χ0n) is 25.4. The normalized spacial score (nSPS) is 11.8. The van der Waals surface area contributed by atoms with Crippen molar-refractivity contribution in [3.05, 3.63) is 164 Å². The number of aromatic nitrogens is 1. The molecule has 47 heavy (non-hydrogen) atoms. The van der Waals surface area contributed by atoms with Crippen molar-refractivity contribution < 1.29 is 4.42 Å². The van der Waals surface area contributed by atoms with Gasteiger partial charge in [-0.2, -0.15) is 0 Å². The number of nitrogens with zero attached hydrogens (tertiary/aromatic N) is 1. The largest absolute Gasteiger partial charge is 0.456 e. The van der Waals surface area contributed by atoms with Gasteiger partial charge in [0, 0.05) is 49.7 Å². The summed E-state index contributed by atoms with van der Waals surface area (Å²) in [6, 6.07) is 58.6. The van der Waals surface area contributed by atoms with Gasteiger partial charge in [0.2, 0.25) is 0 Å². The molecular weight excluding hydrogens is 572 g/mol. The second kappa shape index (κ2) is 10.1. The van der Waals surface area contributed by atoms with Crippen LogP contribution in [0.3, 0.4) is 0 Å². The number of hydrogen-bond donors (Lipinski definition) is 1. The van der Waals surface area contributed by atoms with Gasteiger partial charge in [-0.3, -0.25) is 0 Å². The summed E-state index contributed by atoms with van der Waals surface area (Å²) in [6.07, 6.45) is 0. The van der Waals surface area contributed by atoms with E-state index in [-0.39, 0.29) is 0 Å². The Balaban J connectivity index is 1.22. The van der Waals surface area contributed by atoms with Gasteiger partial charge in [-0.05, 0) is 81.7 Å². The fourth-order valence-electron chi connectivity index (χ4n) is 7.35. The molecule has 0 aliphatic heterocycles. The third-order valence-corrected chi connectivity index (χ3v) is 9.55. The molecule has 0 saturated carbocycles. The van der Waals surface area contributed by atoms with Crippen LogP contribution >= 0.6 is 0 Å². The average molecular weight is 601 g/mol. The molecule has 8 aromatic carbocycles. The minimum Gasteiger partial charge on any atom is -0.456 e. The zero-order valence-corrected chi connectivity index (χ0v) is 25.4. The van der Waals surface area contributed by atoms with Crippen molar-refractivity contribution in [2.24, 2.45) is 0 Å². The van der Waals surface area contributed by atoms with Crippen molar-refractivity contribution >= 4 is 82.4 Å². The smallest absolute Gasteiger partial charge is 0.136 e. The molecule has 2 heterocycles. The Morgan fingerprint density at radius 3 is 1.77 bits per heavy atom. The lowest BCUT2D eigenvalue weighted by Gasteiger charge is -2.26. The van der Waals surface area contributed by atoms with Crippen LogP contribution in [-0.4, -0.2) is 4.98 Å². The lowest BCUT2D eigenvalue weighted by molar-refractivity contribution is 0.669. The lowest BCUT2D eigenvalue weighted by atomic mass is 9.97. The second-order valence-electron chi connectivity index (χ2n) is 12.3. The fourth-order valence-corrected chi connectivity index (χ4v) is 7.35. The number of H-pyrrole nitrogens is 1. The van der Waals surface area contributed by atoms with Gasteiger partial charge in [-0.1, -0.05) is 109 Å². The van der Waals surface area contributed by atoms with E-state index in [0.29, 0.717) is 0 Å². The molecule has 0 aliphatic carbocycles. The molecular formula is C44H28N2O. The van der Waals surface area contributed by atoms with Gasteiger partial charge in [0.1, 0.15) is 11.2 Å². The van der Waals surface area contributed by atoms with Crippen molar-refractivity contribution in [1.82, 2.24) is 4.98 Å². The Labute approximate surface area is 270 Å². The molecule has 0 bridgehead atoms. The van der Waals surface area contributed by atoms with Gasteiger partial charge in [0.25, 0.3) is 0 Å². The summed E-state index contributed by atoms with van der Waals surface area (Å²) in [5.41, 5.74) is 9.64. The highest BCUT2D eigenvalue weighted by atomic mass is 16.3. The molecule has 0 spiro atoms. The van der Waals surface area contributed by atoms with Crippen molar-refractivity contribution in [3.63, 3.8) is 0 Å². The molecule has 0 unspecified atom stereocenters. The molecule has 10 rings (SSSR count).